The number of hydrogen-bond donors (Lipinski definition) is 3. The molecule has 0 atom stereocenters. The molecule has 0 saturated heterocycles. The fraction of sp³-hybridized carbons (Fsp3) is 0.583. The highest BCUT2D eigenvalue weighted by Gasteiger charge is 2.16. The number of sulfonamides is 1. The van der Waals surface area contributed by atoms with Crippen molar-refractivity contribution < 1.29 is 8.42 Å². The lowest BCUT2D eigenvalue weighted by atomic mass is 10.4. The van der Waals surface area contributed by atoms with Gasteiger partial charge in [0.25, 0.3) is 0 Å². The van der Waals surface area contributed by atoms with E-state index in [4.69, 9.17) is 17.4 Å². The first-order valence-corrected chi connectivity index (χ1v) is 8.64. The third-order valence-electron chi connectivity index (χ3n) is 3.10. The van der Waals surface area contributed by atoms with Crippen LogP contribution in [-0.2, 0) is 10.0 Å². The van der Waals surface area contributed by atoms with E-state index in [1.165, 1.54) is 12.3 Å². The Balaban J connectivity index is 2.59. The number of nitrogens with zero attached hydrogens (tertiary/aromatic N) is 2. The van der Waals surface area contributed by atoms with E-state index >= 15 is 0 Å². The van der Waals surface area contributed by atoms with Crippen LogP contribution in [0.25, 0.3) is 0 Å². The standard InChI is InChI=1S/C12H22ClN5O2S/c1-3-18(4-2)7-5-6-16-21(19,20)10-8-11(13)12(17-14)15-9-10/h8-9,16H,3-7,14H2,1-2H3,(H,15,17). The second-order valence-electron chi connectivity index (χ2n) is 4.42. The number of halogens is 1. The minimum atomic E-state index is -3.60. The maximum atomic E-state index is 12.1. The van der Waals surface area contributed by atoms with Crippen LogP contribution in [0.2, 0.25) is 5.02 Å². The summed E-state index contributed by atoms with van der Waals surface area (Å²) in [7, 11) is -3.60. The van der Waals surface area contributed by atoms with Crippen LogP contribution in [0.4, 0.5) is 5.82 Å². The molecule has 0 fully saturated rings. The molecule has 0 aliphatic heterocycles. The van der Waals surface area contributed by atoms with Gasteiger partial charge in [-0.3, -0.25) is 0 Å². The fourth-order valence-electron chi connectivity index (χ4n) is 1.81. The minimum absolute atomic E-state index is 0.0225. The number of nitrogen functional groups attached to an aromatic ring is 1. The zero-order valence-electron chi connectivity index (χ0n) is 12.3. The molecule has 0 bridgehead atoms. The zero-order chi connectivity index (χ0) is 15.9. The summed E-state index contributed by atoms with van der Waals surface area (Å²) in [6.07, 6.45) is 1.96. The van der Waals surface area contributed by atoms with E-state index in [-0.39, 0.29) is 15.7 Å². The van der Waals surface area contributed by atoms with Gasteiger partial charge in [0.2, 0.25) is 10.0 Å². The van der Waals surface area contributed by atoms with Crippen LogP contribution in [0.1, 0.15) is 20.3 Å². The highest BCUT2D eigenvalue weighted by molar-refractivity contribution is 7.89. The van der Waals surface area contributed by atoms with Gasteiger partial charge in [0.15, 0.2) is 5.82 Å². The quantitative estimate of drug-likeness (QED) is 0.354. The Hall–Kier alpha value is -0.930. The van der Waals surface area contributed by atoms with Gasteiger partial charge in [-0.15, -0.1) is 0 Å². The van der Waals surface area contributed by atoms with Crippen molar-refractivity contribution >= 4 is 27.4 Å². The lowest BCUT2D eigenvalue weighted by Crippen LogP contribution is -2.30. The number of aromatic nitrogens is 1. The Morgan fingerprint density at radius 2 is 2.05 bits per heavy atom. The third kappa shape index (κ3) is 5.40. The SMILES string of the molecule is CCN(CC)CCCNS(=O)(=O)c1cnc(NN)c(Cl)c1. The van der Waals surface area contributed by atoms with Crippen molar-refractivity contribution in [2.45, 2.75) is 25.2 Å². The average Bonchev–Trinajstić information content (AvgIpc) is 2.47. The summed E-state index contributed by atoms with van der Waals surface area (Å²) in [5.74, 6) is 5.43. The van der Waals surface area contributed by atoms with Crippen LogP contribution in [-0.4, -0.2) is 44.5 Å². The van der Waals surface area contributed by atoms with E-state index in [0.29, 0.717) is 6.54 Å². The van der Waals surface area contributed by atoms with Gasteiger partial charge in [-0.2, -0.15) is 0 Å². The van der Waals surface area contributed by atoms with Crippen molar-refractivity contribution in [3.8, 4) is 0 Å². The van der Waals surface area contributed by atoms with Crippen molar-refractivity contribution in [3.05, 3.63) is 17.3 Å². The van der Waals surface area contributed by atoms with Gasteiger partial charge in [-0.1, -0.05) is 25.4 Å². The predicted molar refractivity (Wildman–Crippen MR) is 84.7 cm³/mol. The molecule has 1 aromatic heterocycles. The zero-order valence-corrected chi connectivity index (χ0v) is 13.8. The molecule has 0 aliphatic rings. The molecule has 0 unspecified atom stereocenters. The van der Waals surface area contributed by atoms with Crippen LogP contribution >= 0.6 is 11.6 Å². The molecule has 0 radical (unpaired) electrons. The Labute approximate surface area is 130 Å². The van der Waals surface area contributed by atoms with Crippen LogP contribution in [0.3, 0.4) is 0 Å². The first kappa shape index (κ1) is 18.1. The molecule has 1 rings (SSSR count). The van der Waals surface area contributed by atoms with Crippen molar-refractivity contribution in [2.24, 2.45) is 5.84 Å². The molecule has 1 heterocycles. The molecule has 4 N–H and O–H groups in total. The van der Waals surface area contributed by atoms with Gasteiger partial charge in [0.1, 0.15) is 4.90 Å². The lowest BCUT2D eigenvalue weighted by Gasteiger charge is -2.17. The number of nitrogens with one attached hydrogen (secondary N) is 2. The maximum absolute atomic E-state index is 12.1. The normalized spacial score (nSPS) is 11.9. The second-order valence-corrected chi connectivity index (χ2v) is 6.60. The van der Waals surface area contributed by atoms with Crippen molar-refractivity contribution in [1.82, 2.24) is 14.6 Å². The van der Waals surface area contributed by atoms with E-state index in [9.17, 15) is 8.42 Å². The fourth-order valence-corrected chi connectivity index (χ4v) is 3.14. The number of hydrazine groups is 1. The molecule has 0 spiro atoms. The number of nitrogens with two attached hydrogens (primary N) is 1. The Morgan fingerprint density at radius 3 is 2.57 bits per heavy atom. The lowest BCUT2D eigenvalue weighted by molar-refractivity contribution is 0.300. The van der Waals surface area contributed by atoms with Crippen LogP contribution in [0.15, 0.2) is 17.2 Å². The summed E-state index contributed by atoms with van der Waals surface area (Å²) in [6, 6.07) is 1.32. The van der Waals surface area contributed by atoms with E-state index in [2.05, 4.69) is 33.9 Å². The first-order chi connectivity index (χ1) is 9.94. The number of hydrogen-bond acceptors (Lipinski definition) is 6. The highest BCUT2D eigenvalue weighted by atomic mass is 35.5. The monoisotopic (exact) mass is 335 g/mol. The highest BCUT2D eigenvalue weighted by Crippen LogP contribution is 2.21. The molecular weight excluding hydrogens is 314 g/mol. The van der Waals surface area contributed by atoms with Gasteiger partial charge >= 0.3 is 0 Å². The van der Waals surface area contributed by atoms with Gasteiger partial charge in [-0.05, 0) is 32.1 Å². The van der Waals surface area contributed by atoms with Crippen molar-refractivity contribution in [1.29, 1.82) is 0 Å². The minimum Gasteiger partial charge on any atom is -0.307 e. The Morgan fingerprint density at radius 1 is 1.38 bits per heavy atom. The summed E-state index contributed by atoms with van der Waals surface area (Å²) in [6.45, 7) is 7.29. The molecule has 9 heteroatoms. The summed E-state index contributed by atoms with van der Waals surface area (Å²) in [5.41, 5.74) is 2.29. The van der Waals surface area contributed by atoms with Crippen LogP contribution in [0, 0.1) is 0 Å². The largest absolute Gasteiger partial charge is 0.307 e. The maximum Gasteiger partial charge on any atom is 0.242 e. The van der Waals surface area contributed by atoms with E-state index in [1.807, 2.05) is 0 Å². The van der Waals surface area contributed by atoms with E-state index < -0.39 is 10.0 Å². The number of anilines is 1. The Kier molecular flexibility index (Phi) is 7.33. The molecule has 1 aromatic rings. The molecule has 0 saturated carbocycles. The van der Waals surface area contributed by atoms with E-state index in [0.717, 1.165) is 26.1 Å². The van der Waals surface area contributed by atoms with Gasteiger partial charge in [0.05, 0.1) is 5.02 Å². The average molecular weight is 336 g/mol. The van der Waals surface area contributed by atoms with E-state index in [1.54, 1.807) is 0 Å². The molecule has 0 amide bonds. The molecule has 21 heavy (non-hydrogen) atoms. The molecular formula is C12H22ClN5O2S. The van der Waals surface area contributed by atoms with Gasteiger partial charge in [0, 0.05) is 12.7 Å². The predicted octanol–water partition coefficient (Wildman–Crippen LogP) is 1.03. The smallest absolute Gasteiger partial charge is 0.242 e. The second kappa shape index (κ2) is 8.50. The summed E-state index contributed by atoms with van der Waals surface area (Å²) in [5, 5.41) is 0.156. The van der Waals surface area contributed by atoms with Crippen LogP contribution < -0.4 is 16.0 Å². The summed E-state index contributed by atoms with van der Waals surface area (Å²) >= 11 is 5.87. The van der Waals surface area contributed by atoms with Crippen LogP contribution in [0.5, 0.6) is 0 Å². The summed E-state index contributed by atoms with van der Waals surface area (Å²) in [4.78, 5) is 6.10. The molecule has 0 aliphatic carbocycles. The van der Waals surface area contributed by atoms with Crippen molar-refractivity contribution in [2.75, 3.05) is 31.6 Å². The molecule has 120 valence electrons. The third-order valence-corrected chi connectivity index (χ3v) is 4.82. The molecule has 0 aromatic carbocycles. The molecule has 7 nitrogen and oxygen atoms in total. The van der Waals surface area contributed by atoms with Gasteiger partial charge < -0.3 is 10.3 Å². The van der Waals surface area contributed by atoms with Gasteiger partial charge in [-0.25, -0.2) is 24.0 Å². The Bertz CT molecular complexity index is 549. The summed E-state index contributed by atoms with van der Waals surface area (Å²) < 4.78 is 26.7. The number of pyridine rings is 1. The number of rotatable bonds is 9. The van der Waals surface area contributed by atoms with Crippen molar-refractivity contribution in [3.63, 3.8) is 0 Å². The first-order valence-electron chi connectivity index (χ1n) is 6.78. The topological polar surface area (TPSA) is 100 Å².